The molecule has 0 fully saturated rings. The standard InChI is InChI=1S/C14H17ClN2O4S/c1-21-14(18)12-3-2-11(8-13(12)15)22(19,20)17-9-10-4-6-16-7-5-10/h2-4,8,16-17H,5-7,9H2,1H3. The largest absolute Gasteiger partial charge is 0.465 e. The highest BCUT2D eigenvalue weighted by molar-refractivity contribution is 7.89. The SMILES string of the molecule is COC(=O)c1ccc(S(=O)(=O)NCC2=CCNCC2)cc1Cl. The zero-order valence-electron chi connectivity index (χ0n) is 12.1. The van der Waals surface area contributed by atoms with Crippen molar-refractivity contribution in [2.75, 3.05) is 26.7 Å². The summed E-state index contributed by atoms with van der Waals surface area (Å²) in [6.07, 6.45) is 2.78. The minimum atomic E-state index is -3.68. The number of carbonyl (C=O) groups is 1. The summed E-state index contributed by atoms with van der Waals surface area (Å²) >= 11 is 5.95. The lowest BCUT2D eigenvalue weighted by Gasteiger charge is -2.15. The van der Waals surface area contributed by atoms with Gasteiger partial charge in [-0.15, -0.1) is 0 Å². The van der Waals surface area contributed by atoms with Gasteiger partial charge in [-0.25, -0.2) is 17.9 Å². The molecule has 6 nitrogen and oxygen atoms in total. The molecule has 0 bridgehead atoms. The Balaban J connectivity index is 2.13. The zero-order valence-corrected chi connectivity index (χ0v) is 13.6. The van der Waals surface area contributed by atoms with Crippen LogP contribution in [0.4, 0.5) is 0 Å². The maximum atomic E-state index is 12.2. The summed E-state index contributed by atoms with van der Waals surface area (Å²) in [7, 11) is -2.45. The van der Waals surface area contributed by atoms with Crippen LogP contribution in [0.2, 0.25) is 5.02 Å². The van der Waals surface area contributed by atoms with Crippen LogP contribution in [0, 0.1) is 0 Å². The summed E-state index contributed by atoms with van der Waals surface area (Å²) < 4.78 is 31.6. The summed E-state index contributed by atoms with van der Waals surface area (Å²) in [4.78, 5) is 11.5. The second kappa shape index (κ2) is 7.23. The second-order valence-corrected chi connectivity index (χ2v) is 6.95. The number of hydrogen-bond acceptors (Lipinski definition) is 5. The molecule has 0 aromatic heterocycles. The van der Waals surface area contributed by atoms with E-state index >= 15 is 0 Å². The Morgan fingerprint density at radius 2 is 2.23 bits per heavy atom. The molecule has 1 aliphatic heterocycles. The van der Waals surface area contributed by atoms with Crippen molar-refractivity contribution < 1.29 is 17.9 Å². The minimum absolute atomic E-state index is 0.0136. The quantitative estimate of drug-likeness (QED) is 0.621. The molecule has 0 radical (unpaired) electrons. The molecule has 0 spiro atoms. The molecule has 2 rings (SSSR count). The van der Waals surface area contributed by atoms with Gasteiger partial charge in [0.15, 0.2) is 0 Å². The maximum absolute atomic E-state index is 12.2. The normalized spacial score (nSPS) is 15.3. The number of esters is 1. The molecule has 0 atom stereocenters. The number of halogens is 1. The van der Waals surface area contributed by atoms with E-state index in [1.807, 2.05) is 6.08 Å². The molecule has 1 aromatic carbocycles. The van der Waals surface area contributed by atoms with Crippen molar-refractivity contribution in [3.63, 3.8) is 0 Å². The van der Waals surface area contributed by atoms with Gasteiger partial charge in [-0.1, -0.05) is 23.3 Å². The zero-order chi connectivity index (χ0) is 16.2. The van der Waals surface area contributed by atoms with Crippen molar-refractivity contribution in [3.05, 3.63) is 40.4 Å². The summed E-state index contributed by atoms with van der Waals surface area (Å²) in [5, 5.41) is 3.20. The molecule has 8 heteroatoms. The van der Waals surface area contributed by atoms with Crippen LogP contribution < -0.4 is 10.0 Å². The van der Waals surface area contributed by atoms with E-state index in [-0.39, 0.29) is 22.0 Å². The molecule has 0 saturated carbocycles. The van der Waals surface area contributed by atoms with Crippen LogP contribution in [0.5, 0.6) is 0 Å². The fraction of sp³-hybridized carbons (Fsp3) is 0.357. The third-order valence-corrected chi connectivity index (χ3v) is 5.01. The van der Waals surface area contributed by atoms with E-state index in [0.717, 1.165) is 25.1 Å². The van der Waals surface area contributed by atoms with Crippen LogP contribution in [0.15, 0.2) is 34.7 Å². The van der Waals surface area contributed by atoms with Crippen molar-refractivity contribution in [1.82, 2.24) is 10.0 Å². The van der Waals surface area contributed by atoms with Crippen LogP contribution in [-0.4, -0.2) is 41.1 Å². The summed E-state index contributed by atoms with van der Waals surface area (Å²) in [6.45, 7) is 1.85. The molecule has 0 aliphatic carbocycles. The van der Waals surface area contributed by atoms with E-state index in [1.54, 1.807) is 0 Å². The summed E-state index contributed by atoms with van der Waals surface area (Å²) in [6, 6.07) is 3.91. The van der Waals surface area contributed by atoms with Crippen molar-refractivity contribution in [2.45, 2.75) is 11.3 Å². The highest BCUT2D eigenvalue weighted by atomic mass is 35.5. The molecule has 0 amide bonds. The number of ether oxygens (including phenoxy) is 1. The Hall–Kier alpha value is -1.41. The van der Waals surface area contributed by atoms with Gasteiger partial charge in [0.1, 0.15) is 0 Å². The van der Waals surface area contributed by atoms with E-state index in [4.69, 9.17) is 11.6 Å². The highest BCUT2D eigenvalue weighted by Crippen LogP contribution is 2.21. The van der Waals surface area contributed by atoms with E-state index in [1.165, 1.54) is 25.3 Å². The first kappa shape index (κ1) is 17.0. The fourth-order valence-corrected chi connectivity index (χ4v) is 3.42. The lowest BCUT2D eigenvalue weighted by atomic mass is 10.1. The molecule has 1 aliphatic rings. The third kappa shape index (κ3) is 4.07. The first-order chi connectivity index (χ1) is 10.4. The van der Waals surface area contributed by atoms with E-state index < -0.39 is 16.0 Å². The summed E-state index contributed by atoms with van der Waals surface area (Å²) in [5.74, 6) is -0.609. The van der Waals surface area contributed by atoms with Crippen molar-refractivity contribution in [2.24, 2.45) is 0 Å². The monoisotopic (exact) mass is 344 g/mol. The minimum Gasteiger partial charge on any atom is -0.465 e. The van der Waals surface area contributed by atoms with Gasteiger partial charge in [-0.2, -0.15) is 0 Å². The topological polar surface area (TPSA) is 84.5 Å². The molecule has 2 N–H and O–H groups in total. The Bertz CT molecular complexity index is 701. The van der Waals surface area contributed by atoms with Crippen LogP contribution in [-0.2, 0) is 14.8 Å². The average molecular weight is 345 g/mol. The molecular weight excluding hydrogens is 328 g/mol. The molecule has 0 saturated heterocycles. The Morgan fingerprint density at radius 1 is 1.45 bits per heavy atom. The molecule has 1 aromatic rings. The Kier molecular flexibility index (Phi) is 5.57. The van der Waals surface area contributed by atoms with Crippen LogP contribution in [0.3, 0.4) is 0 Å². The van der Waals surface area contributed by atoms with Crippen molar-refractivity contribution >= 4 is 27.6 Å². The van der Waals surface area contributed by atoms with Gasteiger partial charge in [-0.05, 0) is 31.2 Å². The molecule has 22 heavy (non-hydrogen) atoms. The van der Waals surface area contributed by atoms with Crippen molar-refractivity contribution in [1.29, 1.82) is 0 Å². The van der Waals surface area contributed by atoms with Gasteiger partial charge in [-0.3, -0.25) is 0 Å². The molecule has 120 valence electrons. The molecule has 0 unspecified atom stereocenters. The van der Waals surface area contributed by atoms with Gasteiger partial charge in [0.2, 0.25) is 10.0 Å². The lowest BCUT2D eigenvalue weighted by Crippen LogP contribution is -2.29. The number of rotatable bonds is 5. The molecule has 1 heterocycles. The van der Waals surface area contributed by atoms with Crippen LogP contribution in [0.25, 0.3) is 0 Å². The number of carbonyl (C=O) groups excluding carboxylic acids is 1. The predicted molar refractivity (Wildman–Crippen MR) is 83.5 cm³/mol. The number of sulfonamides is 1. The Labute approximate surface area is 134 Å². The number of benzene rings is 1. The highest BCUT2D eigenvalue weighted by Gasteiger charge is 2.18. The van der Waals surface area contributed by atoms with E-state index in [0.29, 0.717) is 0 Å². The van der Waals surface area contributed by atoms with E-state index in [2.05, 4.69) is 14.8 Å². The number of nitrogens with one attached hydrogen (secondary N) is 2. The van der Waals surface area contributed by atoms with Gasteiger partial charge < -0.3 is 10.1 Å². The van der Waals surface area contributed by atoms with Crippen molar-refractivity contribution in [3.8, 4) is 0 Å². The van der Waals surface area contributed by atoms with Gasteiger partial charge in [0, 0.05) is 13.1 Å². The van der Waals surface area contributed by atoms with Gasteiger partial charge >= 0.3 is 5.97 Å². The average Bonchev–Trinajstić information content (AvgIpc) is 2.53. The van der Waals surface area contributed by atoms with Gasteiger partial charge in [0.05, 0.1) is 22.6 Å². The maximum Gasteiger partial charge on any atom is 0.339 e. The first-order valence-corrected chi connectivity index (χ1v) is 8.56. The smallest absolute Gasteiger partial charge is 0.339 e. The van der Waals surface area contributed by atoms with Crippen LogP contribution >= 0.6 is 11.6 Å². The summed E-state index contributed by atoms with van der Waals surface area (Å²) in [5.41, 5.74) is 1.17. The predicted octanol–water partition coefficient (Wildman–Crippen LogP) is 1.32. The number of methoxy groups -OCH3 is 1. The van der Waals surface area contributed by atoms with Crippen LogP contribution in [0.1, 0.15) is 16.8 Å². The van der Waals surface area contributed by atoms with E-state index in [9.17, 15) is 13.2 Å². The second-order valence-electron chi connectivity index (χ2n) is 4.77. The fourth-order valence-electron chi connectivity index (χ4n) is 2.04. The molecular formula is C14H17ClN2O4S. The van der Waals surface area contributed by atoms with Gasteiger partial charge in [0.25, 0.3) is 0 Å². The first-order valence-electron chi connectivity index (χ1n) is 6.70. The Morgan fingerprint density at radius 3 is 2.82 bits per heavy atom. The lowest BCUT2D eigenvalue weighted by molar-refractivity contribution is 0.0601. The third-order valence-electron chi connectivity index (χ3n) is 3.30. The number of hydrogen-bond donors (Lipinski definition) is 2.